The number of hydrogen-bond donors (Lipinski definition) is 1. The highest BCUT2D eigenvalue weighted by molar-refractivity contribution is 5.97. The Morgan fingerprint density at radius 2 is 2.00 bits per heavy atom. The molecule has 0 aliphatic carbocycles. The molecule has 0 spiro atoms. The Labute approximate surface area is 127 Å². The van der Waals surface area contributed by atoms with Gasteiger partial charge >= 0.3 is 0 Å². The van der Waals surface area contributed by atoms with E-state index in [1.807, 2.05) is 27.7 Å². The molecular weight excluding hydrogens is 268 g/mol. The maximum atomic E-state index is 12.8. The van der Waals surface area contributed by atoms with Crippen molar-refractivity contribution in [3.63, 3.8) is 0 Å². The van der Waals surface area contributed by atoms with E-state index in [-0.39, 0.29) is 23.3 Å². The van der Waals surface area contributed by atoms with E-state index in [9.17, 15) is 9.59 Å². The first kappa shape index (κ1) is 16.3. The van der Waals surface area contributed by atoms with Crippen molar-refractivity contribution in [2.75, 3.05) is 13.2 Å². The molecule has 0 radical (unpaired) electrons. The Balaban J connectivity index is 2.15. The molecule has 2 amide bonds. The van der Waals surface area contributed by atoms with Gasteiger partial charge in [0.25, 0.3) is 0 Å². The number of amides is 2. The average Bonchev–Trinajstić information content (AvgIpc) is 2.84. The Morgan fingerprint density at radius 1 is 1.33 bits per heavy atom. The summed E-state index contributed by atoms with van der Waals surface area (Å²) < 4.78 is 5.71. The lowest BCUT2D eigenvalue weighted by Gasteiger charge is -2.43. The average molecular weight is 296 g/mol. The van der Waals surface area contributed by atoms with Crippen LogP contribution in [0.5, 0.6) is 0 Å². The lowest BCUT2D eigenvalue weighted by molar-refractivity contribution is -0.152. The molecule has 120 valence electrons. The van der Waals surface area contributed by atoms with Gasteiger partial charge in [-0.3, -0.25) is 9.59 Å². The summed E-state index contributed by atoms with van der Waals surface area (Å²) in [7, 11) is 0. The van der Waals surface area contributed by atoms with Crippen molar-refractivity contribution in [1.29, 1.82) is 0 Å². The van der Waals surface area contributed by atoms with Gasteiger partial charge in [0, 0.05) is 19.1 Å². The van der Waals surface area contributed by atoms with Crippen LogP contribution in [0.15, 0.2) is 0 Å². The Bertz CT molecular complexity index is 416. The van der Waals surface area contributed by atoms with Crippen molar-refractivity contribution in [2.24, 2.45) is 11.3 Å². The molecule has 4 atom stereocenters. The summed E-state index contributed by atoms with van der Waals surface area (Å²) in [5, 5.41) is 2.87. The molecule has 2 aliphatic rings. The van der Waals surface area contributed by atoms with E-state index in [4.69, 9.17) is 4.74 Å². The number of hydrogen-bond acceptors (Lipinski definition) is 3. The van der Waals surface area contributed by atoms with Gasteiger partial charge in [-0.2, -0.15) is 0 Å². The maximum Gasteiger partial charge on any atom is 0.246 e. The molecule has 0 bridgehead atoms. The minimum Gasteiger partial charge on any atom is -0.378 e. The molecule has 2 heterocycles. The summed E-state index contributed by atoms with van der Waals surface area (Å²) in [5.41, 5.74) is -0.276. The van der Waals surface area contributed by atoms with Gasteiger partial charge in [-0.25, -0.2) is 0 Å². The minimum absolute atomic E-state index is 0.0383. The zero-order valence-corrected chi connectivity index (χ0v) is 13.8. The highest BCUT2D eigenvalue weighted by atomic mass is 16.5. The highest BCUT2D eigenvalue weighted by Crippen LogP contribution is 2.29. The number of ether oxygens (including phenoxy) is 1. The van der Waals surface area contributed by atoms with E-state index >= 15 is 0 Å². The van der Waals surface area contributed by atoms with Gasteiger partial charge in [0.1, 0.15) is 12.1 Å². The van der Waals surface area contributed by atoms with E-state index in [0.717, 1.165) is 19.4 Å². The zero-order chi connectivity index (χ0) is 15.8. The molecule has 0 saturated carbocycles. The second-order valence-electron chi connectivity index (χ2n) is 7.34. The highest BCUT2D eigenvalue weighted by Gasteiger charge is 2.44. The van der Waals surface area contributed by atoms with Crippen LogP contribution < -0.4 is 5.32 Å². The second-order valence-corrected chi connectivity index (χ2v) is 7.34. The number of carbonyl (C=O) groups excluding carboxylic acids is 2. The van der Waals surface area contributed by atoms with Crippen LogP contribution in [0.25, 0.3) is 0 Å². The number of piperazine rings is 1. The van der Waals surface area contributed by atoms with Crippen LogP contribution >= 0.6 is 0 Å². The van der Waals surface area contributed by atoms with Gasteiger partial charge in [-0.05, 0) is 25.2 Å². The SMILES string of the molecule is CCC1OCCC1CN1C(=O)C(C(C)(C)C)NC(=O)C1C. The first-order valence-electron chi connectivity index (χ1n) is 7.98. The molecule has 0 aromatic rings. The van der Waals surface area contributed by atoms with E-state index in [2.05, 4.69) is 12.2 Å². The van der Waals surface area contributed by atoms with E-state index in [1.165, 1.54) is 0 Å². The van der Waals surface area contributed by atoms with Crippen LogP contribution in [0.2, 0.25) is 0 Å². The molecule has 1 N–H and O–H groups in total. The molecular formula is C16H28N2O3. The quantitative estimate of drug-likeness (QED) is 0.860. The number of rotatable bonds is 3. The van der Waals surface area contributed by atoms with Crippen LogP contribution in [-0.4, -0.2) is 48.1 Å². The first-order chi connectivity index (χ1) is 9.75. The van der Waals surface area contributed by atoms with Crippen molar-refractivity contribution >= 4 is 11.8 Å². The third kappa shape index (κ3) is 3.23. The van der Waals surface area contributed by atoms with Gasteiger partial charge in [0.05, 0.1) is 6.10 Å². The maximum absolute atomic E-state index is 12.8. The van der Waals surface area contributed by atoms with Gasteiger partial charge in [0.15, 0.2) is 0 Å². The molecule has 4 unspecified atom stereocenters. The summed E-state index contributed by atoms with van der Waals surface area (Å²) in [5.74, 6) is 0.325. The summed E-state index contributed by atoms with van der Waals surface area (Å²) in [6.07, 6.45) is 2.13. The number of nitrogens with zero attached hydrogens (tertiary/aromatic N) is 1. The van der Waals surface area contributed by atoms with Crippen molar-refractivity contribution in [2.45, 2.75) is 65.6 Å². The number of carbonyl (C=O) groups is 2. The molecule has 2 rings (SSSR count). The smallest absolute Gasteiger partial charge is 0.246 e. The third-order valence-electron chi connectivity index (χ3n) is 4.71. The summed E-state index contributed by atoms with van der Waals surface area (Å²) >= 11 is 0. The van der Waals surface area contributed by atoms with Crippen molar-refractivity contribution in [3.8, 4) is 0 Å². The predicted molar refractivity (Wildman–Crippen MR) is 80.7 cm³/mol. The van der Waals surface area contributed by atoms with Gasteiger partial charge in [0.2, 0.25) is 11.8 Å². The summed E-state index contributed by atoms with van der Waals surface area (Å²) in [4.78, 5) is 26.7. The lowest BCUT2D eigenvalue weighted by atomic mass is 9.83. The molecule has 5 heteroatoms. The van der Waals surface area contributed by atoms with Gasteiger partial charge in [-0.15, -0.1) is 0 Å². The largest absolute Gasteiger partial charge is 0.378 e. The van der Waals surface area contributed by atoms with E-state index < -0.39 is 12.1 Å². The molecule has 5 nitrogen and oxygen atoms in total. The number of nitrogens with one attached hydrogen (secondary N) is 1. The van der Waals surface area contributed by atoms with Crippen LogP contribution in [0.3, 0.4) is 0 Å². The molecule has 0 aromatic carbocycles. The second kappa shape index (κ2) is 5.95. The normalized spacial score (nSPS) is 34.2. The molecule has 0 aromatic heterocycles. The fourth-order valence-corrected chi connectivity index (χ4v) is 3.26. The van der Waals surface area contributed by atoms with Crippen molar-refractivity contribution in [1.82, 2.24) is 10.2 Å². The monoisotopic (exact) mass is 296 g/mol. The van der Waals surface area contributed by atoms with Crippen LogP contribution in [0, 0.1) is 11.3 Å². The van der Waals surface area contributed by atoms with Crippen molar-refractivity contribution < 1.29 is 14.3 Å². The van der Waals surface area contributed by atoms with Crippen LogP contribution in [0.4, 0.5) is 0 Å². The molecule has 2 saturated heterocycles. The predicted octanol–water partition coefficient (Wildman–Crippen LogP) is 1.56. The van der Waals surface area contributed by atoms with E-state index in [0.29, 0.717) is 12.5 Å². The topological polar surface area (TPSA) is 58.6 Å². The third-order valence-corrected chi connectivity index (χ3v) is 4.71. The molecule has 2 aliphatic heterocycles. The van der Waals surface area contributed by atoms with Crippen molar-refractivity contribution in [3.05, 3.63) is 0 Å². The lowest BCUT2D eigenvalue weighted by Crippen LogP contribution is -2.66. The Hall–Kier alpha value is -1.10. The fourth-order valence-electron chi connectivity index (χ4n) is 3.26. The first-order valence-corrected chi connectivity index (χ1v) is 7.98. The van der Waals surface area contributed by atoms with Gasteiger partial charge in [-0.1, -0.05) is 27.7 Å². The minimum atomic E-state index is -0.441. The van der Waals surface area contributed by atoms with Gasteiger partial charge < -0.3 is 15.0 Å². The molecule has 2 fully saturated rings. The molecule has 21 heavy (non-hydrogen) atoms. The Morgan fingerprint density at radius 3 is 2.57 bits per heavy atom. The van der Waals surface area contributed by atoms with Crippen LogP contribution in [0.1, 0.15) is 47.5 Å². The summed E-state index contributed by atoms with van der Waals surface area (Å²) in [6.45, 7) is 11.2. The summed E-state index contributed by atoms with van der Waals surface area (Å²) in [6, 6.07) is -0.835. The standard InChI is InChI=1S/C16H28N2O3/c1-6-12-11(7-8-21-12)9-18-10(2)14(19)17-13(15(18)20)16(3,4)5/h10-13H,6-9H2,1-5H3,(H,17,19). The Kier molecular flexibility index (Phi) is 4.61. The zero-order valence-electron chi connectivity index (χ0n) is 13.8. The fraction of sp³-hybridized carbons (Fsp3) is 0.875. The van der Waals surface area contributed by atoms with Crippen LogP contribution in [-0.2, 0) is 14.3 Å². The van der Waals surface area contributed by atoms with E-state index in [1.54, 1.807) is 4.90 Å².